The molecule has 7 heteroatoms. The second kappa shape index (κ2) is 7.83. The first-order valence-electron chi connectivity index (χ1n) is 6.83. The van der Waals surface area contributed by atoms with Crippen LogP contribution in [0, 0.1) is 11.3 Å². The number of hydrogen-bond acceptors (Lipinski definition) is 4. The number of likely N-dealkylation sites (tertiary alicyclic amines) is 1. The lowest BCUT2D eigenvalue weighted by molar-refractivity contribution is -1.10. The molecule has 7 nitrogen and oxygen atoms in total. The van der Waals surface area contributed by atoms with E-state index in [1.807, 2.05) is 0 Å². The molecule has 0 aliphatic carbocycles. The molecule has 0 aromatic carbocycles. The van der Waals surface area contributed by atoms with Crippen LogP contribution >= 0.6 is 0 Å². The van der Waals surface area contributed by atoms with Gasteiger partial charge in [0.25, 0.3) is 0 Å². The topological polar surface area (TPSA) is 96.8 Å². The molecule has 2 N–H and O–H groups in total. The average molecular weight is 269 g/mol. The minimum Gasteiger partial charge on any atom is -0.664 e. The van der Waals surface area contributed by atoms with Crippen LogP contribution in [0.3, 0.4) is 0 Å². The Bertz CT molecular complexity index is 301. The number of nitrogens with zero attached hydrogens (tertiary/aromatic N) is 3. The molecule has 0 atom stereocenters. The quantitative estimate of drug-likeness (QED) is 0.230. The molecule has 1 aliphatic rings. The molecule has 19 heavy (non-hydrogen) atoms. The minimum atomic E-state index is -0.00358. The van der Waals surface area contributed by atoms with Crippen molar-refractivity contribution in [2.24, 2.45) is 11.2 Å². The number of hydrogen-bond donors (Lipinski definition) is 2. The molecule has 0 radical (unpaired) electrons. The first-order valence-corrected chi connectivity index (χ1v) is 6.83. The highest BCUT2D eigenvalue weighted by molar-refractivity contribution is 5.78. The number of piperidine rings is 1. The van der Waals surface area contributed by atoms with Crippen LogP contribution in [0.25, 0.3) is 5.53 Å². The molecule has 0 aromatic heterocycles. The lowest BCUT2D eigenvalue weighted by atomic mass is 9.95. The highest BCUT2D eigenvalue weighted by Crippen LogP contribution is 2.24. The number of carbonyl (C=O) groups is 1. The van der Waals surface area contributed by atoms with Crippen molar-refractivity contribution >= 4 is 12.1 Å². The van der Waals surface area contributed by atoms with Crippen LogP contribution in [0.4, 0.5) is 0 Å². The molecule has 1 saturated heterocycles. The van der Waals surface area contributed by atoms with Crippen molar-refractivity contribution in [3.05, 3.63) is 5.53 Å². The van der Waals surface area contributed by atoms with Gasteiger partial charge < -0.3 is 16.3 Å². The van der Waals surface area contributed by atoms with Crippen LogP contribution in [0.1, 0.15) is 32.6 Å². The van der Waals surface area contributed by atoms with E-state index in [4.69, 9.17) is 15.9 Å². The van der Waals surface area contributed by atoms with Gasteiger partial charge in [0.1, 0.15) is 13.1 Å². The zero-order chi connectivity index (χ0) is 14.1. The summed E-state index contributed by atoms with van der Waals surface area (Å²) in [5.41, 5.74) is 8.56. The second-order valence-corrected chi connectivity index (χ2v) is 4.97. The zero-order valence-electron chi connectivity index (χ0n) is 11.5. The predicted molar refractivity (Wildman–Crippen MR) is 71.2 cm³/mol. The summed E-state index contributed by atoms with van der Waals surface area (Å²) in [6.07, 6.45) is 4.67. The number of nitrogens with one attached hydrogen (secondary N) is 2. The third-order valence-corrected chi connectivity index (χ3v) is 3.60. The van der Waals surface area contributed by atoms with Crippen LogP contribution < -0.4 is 5.32 Å². The molecule has 108 valence electrons. The third-order valence-electron chi connectivity index (χ3n) is 3.60. The van der Waals surface area contributed by atoms with Gasteiger partial charge in [0.05, 0.1) is 6.21 Å². The maximum absolute atomic E-state index is 11.9. The number of hydroxylamine groups is 3. The Kier molecular flexibility index (Phi) is 6.41. The highest BCUT2D eigenvalue weighted by Gasteiger charge is 2.38. The molecule has 1 aliphatic heterocycles. The number of rotatable bonds is 8. The van der Waals surface area contributed by atoms with E-state index in [0.29, 0.717) is 32.5 Å². The van der Waals surface area contributed by atoms with E-state index >= 15 is 0 Å². The number of carbonyl (C=O) groups excluding carboxylic acids is 1. The second-order valence-electron chi connectivity index (χ2n) is 4.97. The van der Waals surface area contributed by atoms with Gasteiger partial charge in [-0.25, -0.2) is 4.94 Å². The van der Waals surface area contributed by atoms with E-state index in [0.717, 1.165) is 19.4 Å². The van der Waals surface area contributed by atoms with Crippen LogP contribution in [0.2, 0.25) is 0 Å². The normalized spacial score (nSPS) is 26.5. The fraction of sp³-hybridized carbons (Fsp3) is 0.833. The van der Waals surface area contributed by atoms with Crippen molar-refractivity contribution in [2.45, 2.75) is 32.6 Å². The van der Waals surface area contributed by atoms with Crippen LogP contribution in [0.15, 0.2) is 5.28 Å². The highest BCUT2D eigenvalue weighted by atomic mass is 16.8. The van der Waals surface area contributed by atoms with Gasteiger partial charge in [0.2, 0.25) is 5.91 Å². The van der Waals surface area contributed by atoms with E-state index < -0.39 is 0 Å². The minimum absolute atomic E-state index is 0.00358. The first kappa shape index (κ1) is 15.6. The lowest BCUT2D eigenvalue weighted by Crippen LogP contribution is -2.54. The van der Waals surface area contributed by atoms with Crippen LogP contribution in [-0.4, -0.2) is 42.9 Å². The van der Waals surface area contributed by atoms with Gasteiger partial charge in [-0.2, -0.15) is 5.28 Å². The zero-order valence-corrected chi connectivity index (χ0v) is 11.5. The maximum atomic E-state index is 11.9. The maximum Gasteiger partial charge on any atom is 0.223 e. The average Bonchev–Trinajstić information content (AvgIpc) is 2.40. The number of amides is 1. The molecule has 0 aromatic rings. The van der Waals surface area contributed by atoms with E-state index in [9.17, 15) is 4.79 Å². The Hall–Kier alpha value is -1.50. The van der Waals surface area contributed by atoms with E-state index in [2.05, 4.69) is 17.5 Å². The smallest absolute Gasteiger partial charge is 0.223 e. The van der Waals surface area contributed by atoms with Crippen molar-refractivity contribution in [1.82, 2.24) is 5.32 Å². The molecule has 0 saturated carbocycles. The largest absolute Gasteiger partial charge is 0.664 e. The Balaban J connectivity index is 2.43. The summed E-state index contributed by atoms with van der Waals surface area (Å²) in [6, 6.07) is 0. The van der Waals surface area contributed by atoms with Crippen molar-refractivity contribution in [3.63, 3.8) is 0 Å². The SMILES string of the molecule is CCCCNC(=O)C1CC[N+](CC=N)(ON=[N-])CC1. The van der Waals surface area contributed by atoms with E-state index in [1.54, 1.807) is 0 Å². The first-order chi connectivity index (χ1) is 9.17. The van der Waals surface area contributed by atoms with Gasteiger partial charge >= 0.3 is 0 Å². The van der Waals surface area contributed by atoms with E-state index in [-0.39, 0.29) is 16.5 Å². The third kappa shape index (κ3) is 4.59. The molecule has 1 fully saturated rings. The molecule has 1 amide bonds. The summed E-state index contributed by atoms with van der Waals surface area (Å²) in [7, 11) is 0. The molecule has 0 bridgehead atoms. The van der Waals surface area contributed by atoms with Gasteiger partial charge in [-0.3, -0.25) is 4.79 Å². The molecule has 1 heterocycles. The molecule has 1 rings (SSSR count). The monoisotopic (exact) mass is 269 g/mol. The van der Waals surface area contributed by atoms with Gasteiger partial charge in [0, 0.05) is 25.3 Å². The van der Waals surface area contributed by atoms with Crippen LogP contribution in [-0.2, 0) is 9.73 Å². The molecular formula is C12H23N5O2. The van der Waals surface area contributed by atoms with Gasteiger partial charge in [-0.15, -0.1) is 4.65 Å². The van der Waals surface area contributed by atoms with Crippen molar-refractivity contribution < 1.29 is 14.4 Å². The van der Waals surface area contributed by atoms with Crippen molar-refractivity contribution in [2.75, 3.05) is 26.2 Å². The number of quaternary nitrogens is 1. The van der Waals surface area contributed by atoms with Crippen molar-refractivity contribution in [1.29, 1.82) is 5.41 Å². The Labute approximate surface area is 113 Å². The van der Waals surface area contributed by atoms with Gasteiger partial charge in [0.15, 0.2) is 6.54 Å². The summed E-state index contributed by atoms with van der Waals surface area (Å²) in [6.45, 7) is 4.32. The fourth-order valence-corrected chi connectivity index (χ4v) is 2.37. The predicted octanol–water partition coefficient (Wildman–Crippen LogP) is 1.65. The Morgan fingerprint density at radius 2 is 2.26 bits per heavy atom. The van der Waals surface area contributed by atoms with Gasteiger partial charge in [-0.1, -0.05) is 13.3 Å². The summed E-state index contributed by atoms with van der Waals surface area (Å²) in [5.74, 6) is 0.0955. The summed E-state index contributed by atoms with van der Waals surface area (Å²) >= 11 is 0. The van der Waals surface area contributed by atoms with Crippen LogP contribution in [0.5, 0.6) is 0 Å². The fourth-order valence-electron chi connectivity index (χ4n) is 2.37. The molecule has 0 spiro atoms. The molecule has 0 unspecified atom stereocenters. The summed E-state index contributed by atoms with van der Waals surface area (Å²) < 4.78 is 0.0960. The lowest BCUT2D eigenvalue weighted by Gasteiger charge is -2.37. The van der Waals surface area contributed by atoms with Gasteiger partial charge in [-0.05, 0) is 6.42 Å². The molecular weight excluding hydrogens is 246 g/mol. The summed E-state index contributed by atoms with van der Waals surface area (Å²) in [4.78, 5) is 16.9. The Morgan fingerprint density at radius 1 is 1.58 bits per heavy atom. The summed E-state index contributed by atoms with van der Waals surface area (Å²) in [5, 5.41) is 12.9. The Morgan fingerprint density at radius 3 is 2.79 bits per heavy atom. The standard InChI is InChI=1S/C12H23N5O2/c1-2-3-7-15-12(18)11-4-8-17(9-5-11,10-6-13)19-16-14/h6,11,13H,2-5,7-10H2,1H3,(H,15,18). The van der Waals surface area contributed by atoms with Crippen molar-refractivity contribution in [3.8, 4) is 0 Å². The van der Waals surface area contributed by atoms with E-state index in [1.165, 1.54) is 6.21 Å². The number of unbranched alkanes of at least 4 members (excludes halogenated alkanes) is 1.